The molecular formula is C17H23NOS. The normalized spacial score (nSPS) is 14.8. The van der Waals surface area contributed by atoms with E-state index in [1.54, 1.807) is 11.8 Å². The second-order valence-corrected chi connectivity index (χ2v) is 6.29. The van der Waals surface area contributed by atoms with Crippen LogP contribution >= 0.6 is 11.8 Å². The third kappa shape index (κ3) is 5.04. The van der Waals surface area contributed by atoms with Crippen molar-refractivity contribution in [1.82, 2.24) is 5.32 Å². The molecule has 0 saturated heterocycles. The predicted octanol–water partition coefficient (Wildman–Crippen LogP) is 3.84. The van der Waals surface area contributed by atoms with E-state index >= 15 is 0 Å². The lowest BCUT2D eigenvalue weighted by Crippen LogP contribution is -2.27. The Morgan fingerprint density at radius 1 is 1.30 bits per heavy atom. The van der Waals surface area contributed by atoms with E-state index in [2.05, 4.69) is 36.5 Å². The number of hydrogen-bond acceptors (Lipinski definition) is 2. The third-order valence-electron chi connectivity index (χ3n) is 3.65. The second-order valence-electron chi connectivity index (χ2n) is 5.30. The molecule has 0 radical (unpaired) electrons. The van der Waals surface area contributed by atoms with E-state index in [0.717, 1.165) is 18.7 Å². The van der Waals surface area contributed by atoms with Crippen LogP contribution < -0.4 is 5.32 Å². The van der Waals surface area contributed by atoms with Crippen molar-refractivity contribution in [3.8, 4) is 0 Å². The first kappa shape index (κ1) is 15.2. The molecule has 0 unspecified atom stereocenters. The number of thioether (sulfide) groups is 1. The van der Waals surface area contributed by atoms with Crippen LogP contribution in [0.1, 0.15) is 36.8 Å². The summed E-state index contributed by atoms with van der Waals surface area (Å²) in [4.78, 5) is 11.8. The average molecular weight is 289 g/mol. The Kier molecular flexibility index (Phi) is 6.19. The minimum atomic E-state index is 0.148. The van der Waals surface area contributed by atoms with Crippen molar-refractivity contribution in [2.75, 3.05) is 12.3 Å². The molecule has 1 aliphatic carbocycles. The summed E-state index contributed by atoms with van der Waals surface area (Å²) in [5.74, 6) is 1.60. The molecule has 0 bridgehead atoms. The highest BCUT2D eigenvalue weighted by molar-refractivity contribution is 7.99. The van der Waals surface area contributed by atoms with Crippen LogP contribution in [0.15, 0.2) is 35.9 Å². The van der Waals surface area contributed by atoms with Gasteiger partial charge in [0.15, 0.2) is 0 Å². The van der Waals surface area contributed by atoms with E-state index in [4.69, 9.17) is 0 Å². The molecule has 0 heterocycles. The highest BCUT2D eigenvalue weighted by Crippen LogP contribution is 2.17. The van der Waals surface area contributed by atoms with Gasteiger partial charge in [-0.25, -0.2) is 0 Å². The second kappa shape index (κ2) is 8.15. The van der Waals surface area contributed by atoms with Gasteiger partial charge in [-0.05, 0) is 43.7 Å². The lowest BCUT2D eigenvalue weighted by Gasteiger charge is -2.13. The maximum Gasteiger partial charge on any atom is 0.230 e. The molecule has 1 amide bonds. The third-order valence-corrected chi connectivity index (χ3v) is 4.63. The first-order chi connectivity index (χ1) is 9.75. The number of amides is 1. The topological polar surface area (TPSA) is 29.1 Å². The lowest BCUT2D eigenvalue weighted by atomic mass is 10.00. The number of rotatable bonds is 6. The number of nitrogens with one attached hydrogen (secondary N) is 1. The first-order valence-corrected chi connectivity index (χ1v) is 8.48. The zero-order valence-electron chi connectivity index (χ0n) is 12.2. The van der Waals surface area contributed by atoms with Gasteiger partial charge in [0.1, 0.15) is 0 Å². The minimum Gasteiger partial charge on any atom is -0.352 e. The summed E-state index contributed by atoms with van der Waals surface area (Å²) in [5.41, 5.74) is 4.02. The Morgan fingerprint density at radius 3 is 2.90 bits per heavy atom. The van der Waals surface area contributed by atoms with Crippen LogP contribution in [-0.2, 0) is 10.5 Å². The highest BCUT2D eigenvalue weighted by atomic mass is 32.2. The maximum absolute atomic E-state index is 11.8. The molecule has 2 nitrogen and oxygen atoms in total. The van der Waals surface area contributed by atoms with Crippen LogP contribution in [0.5, 0.6) is 0 Å². The first-order valence-electron chi connectivity index (χ1n) is 7.32. The number of aryl methyl sites for hydroxylation is 1. The highest BCUT2D eigenvalue weighted by Gasteiger charge is 2.06. The van der Waals surface area contributed by atoms with Gasteiger partial charge < -0.3 is 5.32 Å². The molecule has 108 valence electrons. The quantitative estimate of drug-likeness (QED) is 0.806. The molecule has 1 aromatic carbocycles. The summed E-state index contributed by atoms with van der Waals surface area (Å²) >= 11 is 1.68. The van der Waals surface area contributed by atoms with Gasteiger partial charge >= 0.3 is 0 Å². The summed E-state index contributed by atoms with van der Waals surface area (Å²) < 4.78 is 0. The number of carbonyl (C=O) groups excluding carboxylic acids is 1. The van der Waals surface area contributed by atoms with Gasteiger partial charge in [0, 0.05) is 12.3 Å². The van der Waals surface area contributed by atoms with Crippen molar-refractivity contribution in [2.24, 2.45) is 0 Å². The molecule has 0 spiro atoms. The van der Waals surface area contributed by atoms with Crippen molar-refractivity contribution in [3.63, 3.8) is 0 Å². The molecule has 0 aromatic heterocycles. The summed E-state index contributed by atoms with van der Waals surface area (Å²) in [7, 11) is 0. The predicted molar refractivity (Wildman–Crippen MR) is 86.9 cm³/mol. The van der Waals surface area contributed by atoms with Crippen molar-refractivity contribution in [1.29, 1.82) is 0 Å². The smallest absolute Gasteiger partial charge is 0.230 e. The Balaban J connectivity index is 1.65. The van der Waals surface area contributed by atoms with Crippen LogP contribution in [0.4, 0.5) is 0 Å². The molecular weight excluding hydrogens is 266 g/mol. The largest absolute Gasteiger partial charge is 0.352 e. The van der Waals surface area contributed by atoms with Crippen LogP contribution in [-0.4, -0.2) is 18.2 Å². The maximum atomic E-state index is 11.8. The number of allylic oxidation sites excluding steroid dienone is 1. The van der Waals surface area contributed by atoms with Crippen molar-refractivity contribution < 1.29 is 4.79 Å². The summed E-state index contributed by atoms with van der Waals surface area (Å²) in [5, 5.41) is 3.03. The lowest BCUT2D eigenvalue weighted by molar-refractivity contribution is -0.118. The van der Waals surface area contributed by atoms with Gasteiger partial charge in [-0.15, -0.1) is 11.8 Å². The van der Waals surface area contributed by atoms with Crippen LogP contribution in [0.3, 0.4) is 0 Å². The Hall–Kier alpha value is -1.22. The van der Waals surface area contributed by atoms with Gasteiger partial charge in [-0.2, -0.15) is 0 Å². The average Bonchev–Trinajstić information content (AvgIpc) is 2.48. The van der Waals surface area contributed by atoms with Crippen LogP contribution in [0.2, 0.25) is 0 Å². The van der Waals surface area contributed by atoms with E-state index in [1.165, 1.54) is 36.0 Å². The summed E-state index contributed by atoms with van der Waals surface area (Å²) in [6.07, 6.45) is 7.17. The van der Waals surface area contributed by atoms with Crippen molar-refractivity contribution in [3.05, 3.63) is 47.0 Å². The van der Waals surface area contributed by atoms with Gasteiger partial charge in [0.05, 0.1) is 5.75 Å². The van der Waals surface area contributed by atoms with Crippen LogP contribution in [0, 0.1) is 6.92 Å². The molecule has 0 saturated carbocycles. The van der Waals surface area contributed by atoms with Gasteiger partial charge in [-0.3, -0.25) is 4.79 Å². The monoisotopic (exact) mass is 289 g/mol. The number of benzene rings is 1. The van der Waals surface area contributed by atoms with E-state index < -0.39 is 0 Å². The molecule has 20 heavy (non-hydrogen) atoms. The molecule has 3 heteroatoms. The minimum absolute atomic E-state index is 0.148. The van der Waals surface area contributed by atoms with E-state index in [0.29, 0.717) is 5.75 Å². The Morgan fingerprint density at radius 2 is 2.15 bits per heavy atom. The van der Waals surface area contributed by atoms with Crippen LogP contribution in [0.25, 0.3) is 0 Å². The summed E-state index contributed by atoms with van der Waals surface area (Å²) in [6.45, 7) is 2.86. The van der Waals surface area contributed by atoms with E-state index in [-0.39, 0.29) is 5.91 Å². The Labute approximate surface area is 126 Å². The van der Waals surface area contributed by atoms with Gasteiger partial charge in [-0.1, -0.05) is 35.9 Å². The Bertz CT molecular complexity index is 482. The van der Waals surface area contributed by atoms with Crippen molar-refractivity contribution >= 4 is 17.7 Å². The van der Waals surface area contributed by atoms with Gasteiger partial charge in [0.2, 0.25) is 5.91 Å². The van der Waals surface area contributed by atoms with Gasteiger partial charge in [0.25, 0.3) is 0 Å². The zero-order valence-corrected chi connectivity index (χ0v) is 13.0. The number of hydrogen-bond donors (Lipinski definition) is 1. The molecule has 0 atom stereocenters. The van der Waals surface area contributed by atoms with Crippen molar-refractivity contribution in [2.45, 2.75) is 38.4 Å². The molecule has 2 rings (SSSR count). The standard InChI is InChI=1S/C17H23NOS/c1-14-7-5-6-10-16(14)12-20-13-17(19)18-11-15-8-3-2-4-9-15/h5-8,10H,2-4,9,11-13H2,1H3,(H,18,19). The zero-order chi connectivity index (χ0) is 14.2. The SMILES string of the molecule is Cc1ccccc1CSCC(=O)NCC1=CCCCC1. The molecule has 1 aliphatic rings. The summed E-state index contributed by atoms with van der Waals surface area (Å²) in [6, 6.07) is 8.35. The van der Waals surface area contributed by atoms with E-state index in [1.807, 2.05) is 6.07 Å². The fraction of sp³-hybridized carbons (Fsp3) is 0.471. The fourth-order valence-corrected chi connectivity index (χ4v) is 3.29. The fourth-order valence-electron chi connectivity index (χ4n) is 2.35. The molecule has 1 N–H and O–H groups in total. The molecule has 0 aliphatic heterocycles. The molecule has 0 fully saturated rings. The van der Waals surface area contributed by atoms with E-state index in [9.17, 15) is 4.79 Å². The number of carbonyl (C=O) groups is 1. The molecule has 1 aromatic rings.